The number of nitro groups is 1. The summed E-state index contributed by atoms with van der Waals surface area (Å²) in [6.45, 7) is 1.22. The van der Waals surface area contributed by atoms with Crippen LogP contribution in [0.5, 0.6) is 0 Å². The van der Waals surface area contributed by atoms with Crippen molar-refractivity contribution in [2.75, 3.05) is 0 Å². The minimum absolute atomic E-state index is 0.102. The normalized spacial score (nSPS) is 17.7. The molecule has 1 aliphatic rings. The molecule has 0 bridgehead atoms. The molecule has 1 amide bonds. The number of rotatable bonds is 3. The molecule has 0 saturated carbocycles. The molecule has 0 radical (unpaired) electrons. The Morgan fingerprint density at radius 1 is 1.11 bits per heavy atom. The first-order chi connectivity index (χ1) is 12.7. The van der Waals surface area contributed by atoms with Gasteiger partial charge in [0.05, 0.1) is 16.7 Å². The lowest BCUT2D eigenvalue weighted by atomic mass is 10.0. The van der Waals surface area contributed by atoms with E-state index in [2.05, 4.69) is 9.73 Å². The van der Waals surface area contributed by atoms with E-state index < -0.39 is 57.6 Å². The molecule has 1 aliphatic heterocycles. The topological polar surface area (TPSA) is 98.9 Å². The number of hydrogen-bond acceptors (Lipinski definition) is 5. The van der Waals surface area contributed by atoms with E-state index in [4.69, 9.17) is 0 Å². The van der Waals surface area contributed by atoms with Crippen molar-refractivity contribution in [1.82, 2.24) is 0 Å². The Morgan fingerprint density at radius 2 is 1.61 bits per heavy atom. The van der Waals surface area contributed by atoms with Crippen molar-refractivity contribution >= 4 is 17.6 Å². The molecule has 0 aromatic heterocycles. The second-order valence-electron chi connectivity index (χ2n) is 5.51. The molecule has 1 aromatic carbocycles. The first kappa shape index (κ1) is 21.1. The molecule has 7 nitrogen and oxygen atoms in total. The Bertz CT molecular complexity index is 884. The first-order valence-corrected chi connectivity index (χ1v) is 7.16. The molecular weight excluding hydrogens is 402 g/mol. The number of aliphatic imine (C=N–C) groups is 1. The van der Waals surface area contributed by atoms with Gasteiger partial charge in [-0.1, -0.05) is 0 Å². The summed E-state index contributed by atoms with van der Waals surface area (Å²) in [6, 6.07) is -2.24. The van der Waals surface area contributed by atoms with Crippen LogP contribution in [0.4, 0.5) is 26.3 Å². The van der Waals surface area contributed by atoms with Crippen molar-refractivity contribution < 1.29 is 45.6 Å². The zero-order valence-electron chi connectivity index (χ0n) is 13.6. The summed E-state index contributed by atoms with van der Waals surface area (Å²) in [5.74, 6) is -3.93. The smallest absolute Gasteiger partial charge is 0.416 e. The highest BCUT2D eigenvalue weighted by Gasteiger charge is 2.41. The van der Waals surface area contributed by atoms with Crippen LogP contribution in [0.15, 0.2) is 35.0 Å². The minimum atomic E-state index is -5.21. The lowest BCUT2D eigenvalue weighted by Crippen LogP contribution is -2.35. The van der Waals surface area contributed by atoms with E-state index in [0.717, 1.165) is 6.08 Å². The van der Waals surface area contributed by atoms with E-state index in [1.807, 2.05) is 0 Å². The van der Waals surface area contributed by atoms with Gasteiger partial charge >= 0.3 is 30.3 Å². The number of halogens is 6. The van der Waals surface area contributed by atoms with Crippen molar-refractivity contribution in [3.05, 3.63) is 56.8 Å². The molecule has 0 aliphatic carbocycles. The second kappa shape index (κ2) is 7.05. The number of carbonyl (C=O) groups excluding carboxylic acids is 2. The third-order valence-electron chi connectivity index (χ3n) is 3.39. The molecule has 0 N–H and O–H groups in total. The molecule has 0 spiro atoms. The fraction of sp³-hybridized carbons (Fsp3) is 0.267. The lowest BCUT2D eigenvalue weighted by molar-refractivity contribution is -0.501. The molecule has 1 unspecified atom stereocenters. The molecule has 2 rings (SSSR count). The van der Waals surface area contributed by atoms with Crippen LogP contribution in [-0.4, -0.2) is 28.6 Å². The van der Waals surface area contributed by atoms with Gasteiger partial charge < -0.3 is 4.74 Å². The van der Waals surface area contributed by atoms with Crippen molar-refractivity contribution in [2.24, 2.45) is 4.99 Å². The predicted octanol–water partition coefficient (Wildman–Crippen LogP) is 3.41. The van der Waals surface area contributed by atoms with E-state index in [-0.39, 0.29) is 23.9 Å². The van der Waals surface area contributed by atoms with E-state index in [1.54, 1.807) is 0 Å². The predicted molar refractivity (Wildman–Crippen MR) is 78.8 cm³/mol. The summed E-state index contributed by atoms with van der Waals surface area (Å²) in [6.07, 6.45) is -9.60. The van der Waals surface area contributed by atoms with Gasteiger partial charge in [-0.2, -0.15) is 26.3 Å². The number of allylic oxidation sites excluding steroid dienone is 1. The van der Waals surface area contributed by atoms with E-state index >= 15 is 0 Å². The Hall–Kier alpha value is -3.25. The highest BCUT2D eigenvalue weighted by atomic mass is 19.4. The Kier molecular flexibility index (Phi) is 5.30. The second-order valence-corrected chi connectivity index (χ2v) is 5.51. The number of esters is 1. The van der Waals surface area contributed by atoms with Gasteiger partial charge in [-0.15, -0.1) is 0 Å². The lowest BCUT2D eigenvalue weighted by Gasteiger charge is -2.16. The van der Waals surface area contributed by atoms with Crippen molar-refractivity contribution in [3.63, 3.8) is 0 Å². The molecule has 150 valence electrons. The summed E-state index contributed by atoms with van der Waals surface area (Å²) in [4.78, 5) is 36.7. The molecule has 13 heteroatoms. The number of amides is 1. The monoisotopic (exact) mass is 410 g/mol. The largest absolute Gasteiger partial charge is 0.419 e. The van der Waals surface area contributed by atoms with Crippen LogP contribution in [0.2, 0.25) is 0 Å². The summed E-state index contributed by atoms with van der Waals surface area (Å²) in [5.41, 5.74) is -4.80. The van der Waals surface area contributed by atoms with Crippen LogP contribution in [0.3, 0.4) is 0 Å². The standard InChI is InChI=1S/C15H8F6N2O5/c1-6-2-10(11(23(26)27)12(24)22-6)28-13(25)7-3-8(14(16,17)18)5-9(4-7)15(19,20)21/h2-5,11H,1H3. The van der Waals surface area contributed by atoms with Crippen molar-refractivity contribution in [2.45, 2.75) is 25.3 Å². The maximum Gasteiger partial charge on any atom is 0.416 e. The van der Waals surface area contributed by atoms with Crippen LogP contribution < -0.4 is 0 Å². The van der Waals surface area contributed by atoms with Crippen molar-refractivity contribution in [3.8, 4) is 0 Å². The number of nitrogens with zero attached hydrogens (tertiary/aromatic N) is 2. The maximum absolute atomic E-state index is 12.8. The molecule has 1 atom stereocenters. The number of ether oxygens (including phenoxy) is 1. The highest BCUT2D eigenvalue weighted by molar-refractivity contribution is 6.07. The molecule has 0 fully saturated rings. The van der Waals surface area contributed by atoms with Gasteiger partial charge in [-0.3, -0.25) is 14.9 Å². The maximum atomic E-state index is 12.8. The van der Waals surface area contributed by atoms with Crippen LogP contribution in [0.25, 0.3) is 0 Å². The Labute approximate surface area is 151 Å². The molecule has 1 heterocycles. The fourth-order valence-corrected chi connectivity index (χ4v) is 2.19. The van der Waals surface area contributed by atoms with Crippen LogP contribution in [0.1, 0.15) is 28.4 Å². The Morgan fingerprint density at radius 3 is 2.04 bits per heavy atom. The number of dihydropyridines is 1. The number of alkyl halides is 6. The van der Waals surface area contributed by atoms with E-state index in [0.29, 0.717) is 0 Å². The number of carbonyl (C=O) groups is 2. The van der Waals surface area contributed by atoms with Gasteiger partial charge in [-0.05, 0) is 25.1 Å². The summed E-state index contributed by atoms with van der Waals surface area (Å²) in [7, 11) is 0. The van der Waals surface area contributed by atoms with Gasteiger partial charge in [0.25, 0.3) is 0 Å². The third kappa shape index (κ3) is 4.53. The van der Waals surface area contributed by atoms with E-state index in [1.165, 1.54) is 6.92 Å². The molecular formula is C15H8F6N2O5. The molecule has 28 heavy (non-hydrogen) atoms. The average Bonchev–Trinajstić information content (AvgIpc) is 2.51. The molecule has 0 saturated heterocycles. The quantitative estimate of drug-likeness (QED) is 0.329. The van der Waals surface area contributed by atoms with Crippen LogP contribution in [-0.2, 0) is 21.9 Å². The van der Waals surface area contributed by atoms with Gasteiger partial charge in [0.1, 0.15) is 0 Å². The fourth-order valence-electron chi connectivity index (χ4n) is 2.19. The zero-order chi connectivity index (χ0) is 21.4. The summed E-state index contributed by atoms with van der Waals surface area (Å²) in [5, 5.41) is 11.0. The first-order valence-electron chi connectivity index (χ1n) is 7.16. The van der Waals surface area contributed by atoms with Crippen LogP contribution >= 0.6 is 0 Å². The van der Waals surface area contributed by atoms with Crippen LogP contribution in [0, 0.1) is 10.1 Å². The highest BCUT2D eigenvalue weighted by Crippen LogP contribution is 2.36. The third-order valence-corrected chi connectivity index (χ3v) is 3.39. The summed E-state index contributed by atoms with van der Waals surface area (Å²) >= 11 is 0. The Balaban J connectivity index is 2.47. The van der Waals surface area contributed by atoms with Gasteiger partial charge in [0.15, 0.2) is 5.76 Å². The summed E-state index contributed by atoms with van der Waals surface area (Å²) < 4.78 is 81.7. The van der Waals surface area contributed by atoms with Gasteiger partial charge in [0.2, 0.25) is 0 Å². The minimum Gasteiger partial charge on any atom is -0.419 e. The SMILES string of the molecule is CC1=NC(=O)C([N+](=O)[O-])C(OC(=O)c2cc(C(F)(F)F)cc(C(F)(F)F)c2)=C1. The van der Waals surface area contributed by atoms with Gasteiger partial charge in [0, 0.05) is 16.7 Å². The van der Waals surface area contributed by atoms with Crippen molar-refractivity contribution in [1.29, 1.82) is 0 Å². The van der Waals surface area contributed by atoms with Gasteiger partial charge in [-0.25, -0.2) is 9.79 Å². The van der Waals surface area contributed by atoms with E-state index in [9.17, 15) is 46.0 Å². The number of hydrogen-bond donors (Lipinski definition) is 0. The number of benzene rings is 1. The zero-order valence-corrected chi connectivity index (χ0v) is 13.6. The average molecular weight is 410 g/mol. The molecule has 1 aromatic rings.